The molecule has 0 atom stereocenters. The maximum absolute atomic E-state index is 13.8. The molecule has 0 saturated heterocycles. The molecule has 2 rings (SSSR count). The van der Waals surface area contributed by atoms with Crippen LogP contribution in [0.5, 0.6) is 5.75 Å². The zero-order valence-electron chi connectivity index (χ0n) is 9.98. The van der Waals surface area contributed by atoms with Crippen LogP contribution in [-0.4, -0.2) is 13.9 Å². The molecule has 0 fully saturated rings. The zero-order chi connectivity index (χ0) is 15.8. The highest BCUT2D eigenvalue weighted by molar-refractivity contribution is 7.88. The minimum absolute atomic E-state index is 0.0776. The Labute approximate surface area is 116 Å². The molecule has 0 aliphatic heterocycles. The van der Waals surface area contributed by atoms with Crippen molar-refractivity contribution in [1.29, 1.82) is 5.26 Å². The monoisotopic (exact) mass is 319 g/mol. The van der Waals surface area contributed by atoms with Gasteiger partial charge in [0.25, 0.3) is 0 Å². The Hall–Kier alpha value is -2.34. The molecule has 0 amide bonds. The number of halogens is 4. The summed E-state index contributed by atoms with van der Waals surface area (Å²) in [7, 11) is -6.01. The van der Waals surface area contributed by atoms with Crippen molar-refractivity contribution in [2.75, 3.05) is 0 Å². The Morgan fingerprint density at radius 2 is 1.71 bits per heavy atom. The molecule has 2 aromatic rings. The molecule has 0 aliphatic carbocycles. The number of nitrogens with zero attached hydrogens (tertiary/aromatic N) is 1. The largest absolute Gasteiger partial charge is 0.534 e. The third-order valence-corrected chi connectivity index (χ3v) is 3.50. The third-order valence-electron chi connectivity index (χ3n) is 2.55. The Morgan fingerprint density at radius 3 is 2.24 bits per heavy atom. The lowest BCUT2D eigenvalue weighted by atomic mass is 10.0. The lowest BCUT2D eigenvalue weighted by Gasteiger charge is -2.12. The molecule has 0 saturated carbocycles. The average Bonchev–Trinajstić information content (AvgIpc) is 2.40. The number of fused-ring (bicyclic) bond motifs is 1. The highest BCUT2D eigenvalue weighted by atomic mass is 32.2. The number of hydrogen-bond donors (Lipinski definition) is 0. The van der Waals surface area contributed by atoms with Crippen molar-refractivity contribution in [3.63, 3.8) is 0 Å². The van der Waals surface area contributed by atoms with Crippen molar-refractivity contribution in [3.8, 4) is 11.8 Å². The van der Waals surface area contributed by atoms with Gasteiger partial charge in [-0.3, -0.25) is 0 Å². The highest BCUT2D eigenvalue weighted by Crippen LogP contribution is 2.35. The topological polar surface area (TPSA) is 67.2 Å². The van der Waals surface area contributed by atoms with Gasteiger partial charge in [-0.05, 0) is 6.07 Å². The van der Waals surface area contributed by atoms with Crippen LogP contribution in [0.2, 0.25) is 0 Å². The smallest absolute Gasteiger partial charge is 0.372 e. The van der Waals surface area contributed by atoms with Gasteiger partial charge in [0.1, 0.15) is 0 Å². The number of rotatable bonds is 2. The summed E-state index contributed by atoms with van der Waals surface area (Å²) in [4.78, 5) is 0. The molecule has 0 N–H and O–H groups in total. The molecule has 2 aromatic carbocycles. The molecule has 0 bridgehead atoms. The summed E-state index contributed by atoms with van der Waals surface area (Å²) < 4.78 is 76.6. The lowest BCUT2D eigenvalue weighted by molar-refractivity contribution is -0.0500. The minimum Gasteiger partial charge on any atom is -0.372 e. The molecule has 0 unspecified atom stereocenters. The van der Waals surface area contributed by atoms with Gasteiger partial charge in [0.15, 0.2) is 11.6 Å². The van der Waals surface area contributed by atoms with Crippen LogP contribution >= 0.6 is 0 Å². The summed E-state index contributed by atoms with van der Waals surface area (Å²) in [5.41, 5.74) is -5.84. The van der Waals surface area contributed by atoms with Crippen molar-refractivity contribution in [1.82, 2.24) is 0 Å². The fraction of sp³-hybridized carbons (Fsp3) is 0.0833. The van der Waals surface area contributed by atoms with E-state index in [1.165, 1.54) is 18.2 Å². The summed E-state index contributed by atoms with van der Waals surface area (Å²) in [6, 6.07) is 7.57. The first-order chi connectivity index (χ1) is 9.67. The van der Waals surface area contributed by atoms with E-state index in [9.17, 15) is 26.0 Å². The summed E-state index contributed by atoms with van der Waals surface area (Å²) in [6.45, 7) is 0. The molecule has 0 aliphatic rings. The van der Waals surface area contributed by atoms with Crippen LogP contribution in [0.1, 0.15) is 5.56 Å². The second-order valence-electron chi connectivity index (χ2n) is 3.88. The SMILES string of the molecule is N#Cc1cc(F)c(OS(=O)(=O)C(F)(F)F)c2ccccc12. The van der Waals surface area contributed by atoms with Gasteiger partial charge >= 0.3 is 15.6 Å². The quantitative estimate of drug-likeness (QED) is 0.485. The molecular weight excluding hydrogens is 314 g/mol. The minimum atomic E-state index is -6.01. The maximum atomic E-state index is 13.8. The number of benzene rings is 2. The van der Waals surface area contributed by atoms with Crippen LogP contribution in [0.15, 0.2) is 30.3 Å². The van der Waals surface area contributed by atoms with Crippen LogP contribution in [0.25, 0.3) is 10.8 Å². The second kappa shape index (κ2) is 4.89. The van der Waals surface area contributed by atoms with Gasteiger partial charge in [-0.2, -0.15) is 26.9 Å². The van der Waals surface area contributed by atoms with Gasteiger partial charge in [-0.25, -0.2) is 4.39 Å². The summed E-state index contributed by atoms with van der Waals surface area (Å²) in [5.74, 6) is -2.47. The molecular formula is C12H5F4NO3S. The Morgan fingerprint density at radius 1 is 1.14 bits per heavy atom. The summed E-state index contributed by atoms with van der Waals surface area (Å²) in [6.07, 6.45) is 0. The van der Waals surface area contributed by atoms with Crippen LogP contribution < -0.4 is 4.18 Å². The normalized spacial score (nSPS) is 12.1. The molecule has 4 nitrogen and oxygen atoms in total. The van der Waals surface area contributed by atoms with E-state index in [-0.39, 0.29) is 16.3 Å². The molecule has 0 aromatic heterocycles. The maximum Gasteiger partial charge on any atom is 0.534 e. The van der Waals surface area contributed by atoms with E-state index in [0.717, 1.165) is 6.07 Å². The van der Waals surface area contributed by atoms with Crippen molar-refractivity contribution in [2.24, 2.45) is 0 Å². The standard InChI is InChI=1S/C12H5F4NO3S/c13-10-5-7(6-17)8-3-1-2-4-9(8)11(10)20-21(18,19)12(14,15)16/h1-5H. The van der Waals surface area contributed by atoms with E-state index in [0.29, 0.717) is 6.07 Å². The first kappa shape index (κ1) is 15.1. The van der Waals surface area contributed by atoms with Crippen molar-refractivity contribution >= 4 is 20.9 Å². The van der Waals surface area contributed by atoms with Crippen molar-refractivity contribution in [2.45, 2.75) is 5.51 Å². The zero-order valence-corrected chi connectivity index (χ0v) is 10.8. The van der Waals surface area contributed by atoms with Gasteiger partial charge in [0, 0.05) is 10.8 Å². The van der Waals surface area contributed by atoms with Gasteiger partial charge in [-0.1, -0.05) is 24.3 Å². The second-order valence-corrected chi connectivity index (χ2v) is 5.41. The first-order valence-corrected chi connectivity index (χ1v) is 6.70. The molecule has 9 heteroatoms. The Bertz CT molecular complexity index is 853. The van der Waals surface area contributed by atoms with E-state index in [1.54, 1.807) is 6.07 Å². The molecule has 0 spiro atoms. The van der Waals surface area contributed by atoms with E-state index in [1.807, 2.05) is 0 Å². The van der Waals surface area contributed by atoms with Crippen molar-refractivity contribution < 1.29 is 30.2 Å². The number of alkyl halides is 3. The van der Waals surface area contributed by atoms with Crippen LogP contribution in [0, 0.1) is 17.1 Å². The molecule has 0 heterocycles. The van der Waals surface area contributed by atoms with Crippen LogP contribution in [0.4, 0.5) is 17.6 Å². The van der Waals surface area contributed by atoms with Gasteiger partial charge in [-0.15, -0.1) is 0 Å². The van der Waals surface area contributed by atoms with Crippen molar-refractivity contribution in [3.05, 3.63) is 41.7 Å². The lowest BCUT2D eigenvalue weighted by Crippen LogP contribution is -2.28. The van der Waals surface area contributed by atoms with Crippen LogP contribution in [-0.2, 0) is 10.1 Å². The average molecular weight is 319 g/mol. The van der Waals surface area contributed by atoms with E-state index >= 15 is 0 Å². The van der Waals surface area contributed by atoms with E-state index in [4.69, 9.17) is 5.26 Å². The predicted octanol–water partition coefficient (Wildman–Crippen LogP) is 3.08. The predicted molar refractivity (Wildman–Crippen MR) is 64.2 cm³/mol. The van der Waals surface area contributed by atoms with Gasteiger partial charge < -0.3 is 4.18 Å². The number of nitriles is 1. The molecule has 110 valence electrons. The first-order valence-electron chi connectivity index (χ1n) is 5.29. The van der Waals surface area contributed by atoms with E-state index in [2.05, 4.69) is 4.18 Å². The summed E-state index contributed by atoms with van der Waals surface area (Å²) in [5, 5.41) is 8.69. The van der Waals surface area contributed by atoms with Gasteiger partial charge in [0.2, 0.25) is 0 Å². The van der Waals surface area contributed by atoms with Gasteiger partial charge in [0.05, 0.1) is 11.6 Å². The van der Waals surface area contributed by atoms with E-state index < -0.39 is 27.2 Å². The fourth-order valence-electron chi connectivity index (χ4n) is 1.65. The fourth-order valence-corrected chi connectivity index (χ4v) is 2.13. The Kier molecular flexibility index (Phi) is 3.51. The number of hydrogen-bond acceptors (Lipinski definition) is 4. The highest BCUT2D eigenvalue weighted by Gasteiger charge is 2.49. The summed E-state index contributed by atoms with van der Waals surface area (Å²) >= 11 is 0. The molecule has 21 heavy (non-hydrogen) atoms. The Balaban J connectivity index is 2.72. The van der Waals surface area contributed by atoms with Crippen LogP contribution in [0.3, 0.4) is 0 Å². The molecule has 0 radical (unpaired) electrons. The third kappa shape index (κ3) is 2.62.